The van der Waals surface area contributed by atoms with Crippen LogP contribution in [0.5, 0.6) is 0 Å². The molecular formula is C17H30O4. The Bertz CT molecular complexity index is 325. The Morgan fingerprint density at radius 2 is 1.52 bits per heavy atom. The van der Waals surface area contributed by atoms with Gasteiger partial charge in [-0.15, -0.1) is 0 Å². The van der Waals surface area contributed by atoms with Crippen molar-refractivity contribution < 1.29 is 19.1 Å². The molecule has 0 aromatic rings. The topological polar surface area (TPSA) is 52.6 Å². The van der Waals surface area contributed by atoms with Gasteiger partial charge in [0.1, 0.15) is 0 Å². The summed E-state index contributed by atoms with van der Waals surface area (Å²) >= 11 is 0. The maximum atomic E-state index is 12.2. The third-order valence-corrected chi connectivity index (χ3v) is 3.99. The van der Waals surface area contributed by atoms with Gasteiger partial charge < -0.3 is 9.47 Å². The molecular weight excluding hydrogens is 268 g/mol. The summed E-state index contributed by atoms with van der Waals surface area (Å²) in [6.45, 7) is 7.18. The zero-order valence-electron chi connectivity index (χ0n) is 13.7. The standard InChI is InChI=1S/C17H30O4/c1-4-11-20-16(18)14-9-5-6-10-15(14)17(19)21-12-7-8-13(2)3/h13-15H,4-12H2,1-3H3. The summed E-state index contributed by atoms with van der Waals surface area (Å²) in [5, 5.41) is 0. The van der Waals surface area contributed by atoms with E-state index < -0.39 is 0 Å². The van der Waals surface area contributed by atoms with Crippen LogP contribution in [0, 0.1) is 17.8 Å². The first-order valence-electron chi connectivity index (χ1n) is 8.39. The summed E-state index contributed by atoms with van der Waals surface area (Å²) in [7, 11) is 0. The van der Waals surface area contributed by atoms with Gasteiger partial charge in [-0.3, -0.25) is 9.59 Å². The van der Waals surface area contributed by atoms with E-state index in [0.717, 1.165) is 44.9 Å². The van der Waals surface area contributed by atoms with E-state index >= 15 is 0 Å². The Kier molecular flexibility index (Phi) is 8.40. The van der Waals surface area contributed by atoms with Crippen molar-refractivity contribution in [3.63, 3.8) is 0 Å². The minimum atomic E-state index is -0.304. The smallest absolute Gasteiger partial charge is 0.309 e. The maximum absolute atomic E-state index is 12.2. The Labute approximate surface area is 128 Å². The highest BCUT2D eigenvalue weighted by Gasteiger charge is 2.37. The highest BCUT2D eigenvalue weighted by Crippen LogP contribution is 2.32. The summed E-state index contributed by atoms with van der Waals surface area (Å²) in [6, 6.07) is 0. The van der Waals surface area contributed by atoms with Crippen molar-refractivity contribution in [1.29, 1.82) is 0 Å². The van der Waals surface area contributed by atoms with Crippen LogP contribution in [0.25, 0.3) is 0 Å². The Hall–Kier alpha value is -1.06. The fourth-order valence-corrected chi connectivity index (χ4v) is 2.78. The molecule has 2 atom stereocenters. The molecule has 0 heterocycles. The summed E-state index contributed by atoms with van der Waals surface area (Å²) in [5.41, 5.74) is 0. The predicted octanol–water partition coefficient (Wildman–Crippen LogP) is 3.73. The van der Waals surface area contributed by atoms with E-state index in [2.05, 4.69) is 13.8 Å². The quantitative estimate of drug-likeness (QED) is 0.506. The third kappa shape index (κ3) is 6.49. The average Bonchev–Trinajstić information content (AvgIpc) is 2.48. The minimum absolute atomic E-state index is 0.211. The third-order valence-electron chi connectivity index (χ3n) is 3.99. The normalized spacial score (nSPS) is 22.1. The molecule has 0 aromatic carbocycles. The van der Waals surface area contributed by atoms with Crippen molar-refractivity contribution in [2.75, 3.05) is 13.2 Å². The van der Waals surface area contributed by atoms with Gasteiger partial charge in [0.05, 0.1) is 25.0 Å². The molecule has 0 spiro atoms. The molecule has 1 rings (SSSR count). The van der Waals surface area contributed by atoms with Gasteiger partial charge in [0.2, 0.25) is 0 Å². The van der Waals surface area contributed by atoms with Gasteiger partial charge in [-0.25, -0.2) is 0 Å². The second kappa shape index (κ2) is 9.80. The molecule has 4 nitrogen and oxygen atoms in total. The van der Waals surface area contributed by atoms with E-state index in [1.54, 1.807) is 0 Å². The number of ether oxygens (including phenoxy) is 2. The van der Waals surface area contributed by atoms with E-state index in [0.29, 0.717) is 19.1 Å². The van der Waals surface area contributed by atoms with Gasteiger partial charge >= 0.3 is 11.9 Å². The summed E-state index contributed by atoms with van der Waals surface area (Å²) in [4.78, 5) is 24.3. The largest absolute Gasteiger partial charge is 0.465 e. The highest BCUT2D eigenvalue weighted by atomic mass is 16.5. The van der Waals surface area contributed by atoms with Crippen LogP contribution in [0.2, 0.25) is 0 Å². The lowest BCUT2D eigenvalue weighted by Gasteiger charge is -2.28. The lowest BCUT2D eigenvalue weighted by atomic mass is 9.79. The Balaban J connectivity index is 2.44. The van der Waals surface area contributed by atoms with Crippen LogP contribution in [0.15, 0.2) is 0 Å². The second-order valence-corrected chi connectivity index (χ2v) is 6.37. The van der Waals surface area contributed by atoms with Crippen LogP contribution in [-0.2, 0) is 19.1 Å². The lowest BCUT2D eigenvalue weighted by Crippen LogP contribution is -2.35. The van der Waals surface area contributed by atoms with Gasteiger partial charge in [-0.2, -0.15) is 0 Å². The number of carbonyl (C=O) groups is 2. The molecule has 1 saturated carbocycles. The molecule has 122 valence electrons. The number of carbonyl (C=O) groups excluding carboxylic acids is 2. The SMILES string of the molecule is CCCOC(=O)C1CCCCC1C(=O)OCCCC(C)C. The maximum Gasteiger partial charge on any atom is 0.309 e. The van der Waals surface area contributed by atoms with Crippen molar-refractivity contribution in [3.8, 4) is 0 Å². The first-order valence-corrected chi connectivity index (χ1v) is 8.39. The number of hydrogen-bond donors (Lipinski definition) is 0. The Morgan fingerprint density at radius 1 is 1.00 bits per heavy atom. The zero-order chi connectivity index (χ0) is 15.7. The first kappa shape index (κ1) is 18.0. The molecule has 1 aliphatic carbocycles. The van der Waals surface area contributed by atoms with Crippen molar-refractivity contribution in [1.82, 2.24) is 0 Å². The summed E-state index contributed by atoms with van der Waals surface area (Å²) < 4.78 is 10.6. The van der Waals surface area contributed by atoms with Crippen LogP contribution < -0.4 is 0 Å². The molecule has 1 fully saturated rings. The van der Waals surface area contributed by atoms with E-state index in [1.165, 1.54) is 0 Å². The monoisotopic (exact) mass is 298 g/mol. The lowest BCUT2D eigenvalue weighted by molar-refractivity contribution is -0.163. The van der Waals surface area contributed by atoms with Gasteiger partial charge in [-0.1, -0.05) is 33.6 Å². The molecule has 0 aromatic heterocycles. The second-order valence-electron chi connectivity index (χ2n) is 6.37. The molecule has 0 bridgehead atoms. The first-order chi connectivity index (χ1) is 10.1. The van der Waals surface area contributed by atoms with Crippen LogP contribution >= 0.6 is 0 Å². The van der Waals surface area contributed by atoms with Gasteiger partial charge in [0, 0.05) is 0 Å². The van der Waals surface area contributed by atoms with Crippen LogP contribution in [0.1, 0.15) is 65.7 Å². The summed E-state index contributed by atoms with van der Waals surface area (Å²) in [6.07, 6.45) is 6.22. The van der Waals surface area contributed by atoms with E-state index in [9.17, 15) is 9.59 Å². The van der Waals surface area contributed by atoms with E-state index in [1.807, 2.05) is 6.92 Å². The molecule has 0 aliphatic heterocycles. The minimum Gasteiger partial charge on any atom is -0.465 e. The summed E-state index contributed by atoms with van der Waals surface area (Å²) in [5.74, 6) is -0.419. The predicted molar refractivity (Wildman–Crippen MR) is 81.7 cm³/mol. The van der Waals surface area contributed by atoms with Crippen LogP contribution in [0.4, 0.5) is 0 Å². The van der Waals surface area contributed by atoms with Crippen LogP contribution in [-0.4, -0.2) is 25.2 Å². The van der Waals surface area contributed by atoms with Crippen LogP contribution in [0.3, 0.4) is 0 Å². The Morgan fingerprint density at radius 3 is 2.00 bits per heavy atom. The fourth-order valence-electron chi connectivity index (χ4n) is 2.78. The van der Waals surface area contributed by atoms with Crippen molar-refractivity contribution >= 4 is 11.9 Å². The number of esters is 2. The molecule has 21 heavy (non-hydrogen) atoms. The van der Waals surface area contributed by atoms with E-state index in [4.69, 9.17) is 9.47 Å². The molecule has 0 radical (unpaired) electrons. The molecule has 4 heteroatoms. The highest BCUT2D eigenvalue weighted by molar-refractivity contribution is 5.82. The van der Waals surface area contributed by atoms with Crippen molar-refractivity contribution in [2.45, 2.75) is 65.7 Å². The zero-order valence-corrected chi connectivity index (χ0v) is 13.7. The molecule has 0 amide bonds. The van der Waals surface area contributed by atoms with Gasteiger partial charge in [-0.05, 0) is 38.0 Å². The molecule has 1 aliphatic rings. The van der Waals surface area contributed by atoms with Gasteiger partial charge in [0.15, 0.2) is 0 Å². The number of rotatable bonds is 8. The number of hydrogen-bond acceptors (Lipinski definition) is 4. The van der Waals surface area contributed by atoms with Crippen molar-refractivity contribution in [3.05, 3.63) is 0 Å². The fraction of sp³-hybridized carbons (Fsp3) is 0.882. The van der Waals surface area contributed by atoms with Gasteiger partial charge in [0.25, 0.3) is 0 Å². The molecule has 0 N–H and O–H groups in total. The van der Waals surface area contributed by atoms with E-state index in [-0.39, 0.29) is 23.8 Å². The van der Waals surface area contributed by atoms with Crippen molar-refractivity contribution in [2.24, 2.45) is 17.8 Å². The molecule has 2 unspecified atom stereocenters. The molecule has 0 saturated heterocycles. The average molecular weight is 298 g/mol.